The van der Waals surface area contributed by atoms with E-state index in [0.717, 1.165) is 12.1 Å². The van der Waals surface area contributed by atoms with E-state index in [2.05, 4.69) is 0 Å². The Morgan fingerprint density at radius 2 is 1.76 bits per heavy atom. The molecule has 5 heteroatoms. The molecule has 0 aliphatic heterocycles. The number of benzene rings is 2. The zero-order valence-corrected chi connectivity index (χ0v) is 11.3. The third kappa shape index (κ3) is 3.24. The lowest BCUT2D eigenvalue weighted by atomic mass is 9.90. The Hall–Kier alpha value is -2.30. The van der Waals surface area contributed by atoms with E-state index in [1.807, 2.05) is 0 Å². The van der Waals surface area contributed by atoms with Gasteiger partial charge in [0, 0.05) is 0 Å². The largest absolute Gasteiger partial charge is 0.416 e. The lowest BCUT2D eigenvalue weighted by Gasteiger charge is -2.15. The van der Waals surface area contributed by atoms with Gasteiger partial charge >= 0.3 is 6.18 Å². The van der Waals surface area contributed by atoms with Gasteiger partial charge < -0.3 is 5.73 Å². The van der Waals surface area contributed by atoms with Crippen molar-refractivity contribution in [2.75, 3.05) is 0 Å². The SMILES string of the molecule is CC(C(N)=O)c1ccccc1-c1cccc(C(F)(F)F)c1. The van der Waals surface area contributed by atoms with E-state index in [0.29, 0.717) is 16.7 Å². The summed E-state index contributed by atoms with van der Waals surface area (Å²) in [5.41, 5.74) is 6.18. The monoisotopic (exact) mass is 293 g/mol. The summed E-state index contributed by atoms with van der Waals surface area (Å²) in [6, 6.07) is 11.9. The van der Waals surface area contributed by atoms with Crippen LogP contribution in [0.1, 0.15) is 24.0 Å². The summed E-state index contributed by atoms with van der Waals surface area (Å²) in [4.78, 5) is 11.4. The maximum atomic E-state index is 12.8. The number of primary amides is 1. The molecule has 0 spiro atoms. The van der Waals surface area contributed by atoms with Crippen molar-refractivity contribution < 1.29 is 18.0 Å². The lowest BCUT2D eigenvalue weighted by molar-refractivity contribution is -0.137. The van der Waals surface area contributed by atoms with Gasteiger partial charge in [0.05, 0.1) is 11.5 Å². The molecule has 0 heterocycles. The summed E-state index contributed by atoms with van der Waals surface area (Å²) in [5.74, 6) is -1.09. The van der Waals surface area contributed by atoms with Crippen molar-refractivity contribution in [2.24, 2.45) is 5.73 Å². The number of carbonyl (C=O) groups excluding carboxylic acids is 1. The van der Waals surface area contributed by atoms with Crippen molar-refractivity contribution >= 4 is 5.91 Å². The van der Waals surface area contributed by atoms with Gasteiger partial charge in [0.2, 0.25) is 5.91 Å². The Labute approximate surface area is 120 Å². The maximum Gasteiger partial charge on any atom is 0.416 e. The second kappa shape index (κ2) is 5.60. The predicted molar refractivity (Wildman–Crippen MR) is 74.5 cm³/mol. The molecule has 2 nitrogen and oxygen atoms in total. The van der Waals surface area contributed by atoms with E-state index >= 15 is 0 Å². The molecule has 2 rings (SSSR count). The molecule has 1 amide bonds. The normalized spacial score (nSPS) is 13.0. The second-order valence-electron chi connectivity index (χ2n) is 4.79. The molecule has 0 saturated heterocycles. The quantitative estimate of drug-likeness (QED) is 0.914. The van der Waals surface area contributed by atoms with Crippen LogP contribution in [0.3, 0.4) is 0 Å². The van der Waals surface area contributed by atoms with Crippen LogP contribution in [-0.4, -0.2) is 5.91 Å². The molecule has 110 valence electrons. The zero-order chi connectivity index (χ0) is 15.6. The molecule has 0 aliphatic carbocycles. The average molecular weight is 293 g/mol. The number of carbonyl (C=O) groups is 1. The topological polar surface area (TPSA) is 43.1 Å². The minimum Gasteiger partial charge on any atom is -0.369 e. The average Bonchev–Trinajstić information content (AvgIpc) is 2.45. The van der Waals surface area contributed by atoms with Crippen LogP contribution in [0.5, 0.6) is 0 Å². The fourth-order valence-electron chi connectivity index (χ4n) is 2.15. The van der Waals surface area contributed by atoms with E-state index in [4.69, 9.17) is 5.73 Å². The molecule has 0 aliphatic rings. The highest BCUT2D eigenvalue weighted by Gasteiger charge is 2.30. The van der Waals surface area contributed by atoms with Gasteiger partial charge in [0.25, 0.3) is 0 Å². The number of hydrogen-bond donors (Lipinski definition) is 1. The van der Waals surface area contributed by atoms with Crippen molar-refractivity contribution in [3.63, 3.8) is 0 Å². The summed E-state index contributed by atoms with van der Waals surface area (Å²) >= 11 is 0. The van der Waals surface area contributed by atoms with Crippen LogP contribution in [0.25, 0.3) is 11.1 Å². The number of alkyl halides is 3. The molecule has 0 radical (unpaired) electrons. The number of halogens is 3. The predicted octanol–water partition coefficient (Wildman–Crippen LogP) is 3.96. The molecular weight excluding hydrogens is 279 g/mol. The summed E-state index contributed by atoms with van der Waals surface area (Å²) < 4.78 is 38.4. The van der Waals surface area contributed by atoms with E-state index in [1.54, 1.807) is 37.3 Å². The van der Waals surface area contributed by atoms with Crippen molar-refractivity contribution in [3.05, 3.63) is 59.7 Å². The summed E-state index contributed by atoms with van der Waals surface area (Å²) in [6.07, 6.45) is -4.40. The fraction of sp³-hybridized carbons (Fsp3) is 0.188. The lowest BCUT2D eigenvalue weighted by Crippen LogP contribution is -2.19. The smallest absolute Gasteiger partial charge is 0.369 e. The first-order valence-corrected chi connectivity index (χ1v) is 6.36. The standard InChI is InChI=1S/C16H14F3NO/c1-10(15(20)21)13-7-2-3-8-14(13)11-5-4-6-12(9-11)16(17,18)19/h2-10H,1H3,(H2,20,21). The minimum atomic E-state index is -4.40. The molecule has 2 aromatic rings. The Morgan fingerprint density at radius 3 is 2.38 bits per heavy atom. The number of amides is 1. The highest BCUT2D eigenvalue weighted by atomic mass is 19.4. The molecule has 1 atom stereocenters. The highest BCUT2D eigenvalue weighted by Crippen LogP contribution is 2.34. The fourth-order valence-corrected chi connectivity index (χ4v) is 2.15. The van der Waals surface area contributed by atoms with E-state index < -0.39 is 23.6 Å². The minimum absolute atomic E-state index is 0.411. The first-order valence-electron chi connectivity index (χ1n) is 6.36. The van der Waals surface area contributed by atoms with Gasteiger partial charge in [-0.05, 0) is 35.7 Å². The van der Waals surface area contributed by atoms with Gasteiger partial charge in [-0.1, -0.05) is 36.4 Å². The zero-order valence-electron chi connectivity index (χ0n) is 11.3. The van der Waals surface area contributed by atoms with Gasteiger partial charge in [0.15, 0.2) is 0 Å². The van der Waals surface area contributed by atoms with Gasteiger partial charge in [-0.15, -0.1) is 0 Å². The van der Waals surface area contributed by atoms with Crippen molar-refractivity contribution in [1.82, 2.24) is 0 Å². The molecule has 0 bridgehead atoms. The Kier molecular flexibility index (Phi) is 4.02. The first kappa shape index (κ1) is 15.1. The van der Waals surface area contributed by atoms with E-state index in [1.165, 1.54) is 6.07 Å². The van der Waals surface area contributed by atoms with Gasteiger partial charge in [0.1, 0.15) is 0 Å². The Bertz CT molecular complexity index is 665. The molecule has 1 unspecified atom stereocenters. The molecule has 0 saturated carbocycles. The van der Waals surface area contributed by atoms with Crippen LogP contribution in [0.15, 0.2) is 48.5 Å². The Morgan fingerprint density at radius 1 is 1.10 bits per heavy atom. The van der Waals surface area contributed by atoms with Crippen LogP contribution < -0.4 is 5.73 Å². The van der Waals surface area contributed by atoms with Gasteiger partial charge in [-0.2, -0.15) is 13.2 Å². The second-order valence-corrected chi connectivity index (χ2v) is 4.79. The highest BCUT2D eigenvalue weighted by molar-refractivity contribution is 5.85. The third-order valence-electron chi connectivity index (χ3n) is 3.35. The van der Waals surface area contributed by atoms with Crippen molar-refractivity contribution in [2.45, 2.75) is 19.0 Å². The van der Waals surface area contributed by atoms with Gasteiger partial charge in [-0.3, -0.25) is 4.79 Å². The van der Waals surface area contributed by atoms with E-state index in [-0.39, 0.29) is 0 Å². The van der Waals surface area contributed by atoms with E-state index in [9.17, 15) is 18.0 Å². The number of hydrogen-bond acceptors (Lipinski definition) is 1. The molecule has 2 aromatic carbocycles. The summed E-state index contributed by atoms with van der Waals surface area (Å²) in [7, 11) is 0. The van der Waals surface area contributed by atoms with Crippen molar-refractivity contribution in [3.8, 4) is 11.1 Å². The maximum absolute atomic E-state index is 12.8. The summed E-state index contributed by atoms with van der Waals surface area (Å²) in [5, 5.41) is 0. The van der Waals surface area contributed by atoms with Crippen LogP contribution in [0, 0.1) is 0 Å². The molecule has 21 heavy (non-hydrogen) atoms. The van der Waals surface area contributed by atoms with Crippen molar-refractivity contribution in [1.29, 1.82) is 0 Å². The summed E-state index contributed by atoms with van der Waals surface area (Å²) in [6.45, 7) is 1.63. The third-order valence-corrected chi connectivity index (χ3v) is 3.35. The van der Waals surface area contributed by atoms with Crippen LogP contribution in [0.2, 0.25) is 0 Å². The van der Waals surface area contributed by atoms with Crippen LogP contribution >= 0.6 is 0 Å². The van der Waals surface area contributed by atoms with Crippen LogP contribution in [0.4, 0.5) is 13.2 Å². The number of rotatable bonds is 3. The molecule has 0 aromatic heterocycles. The molecule has 2 N–H and O–H groups in total. The Balaban J connectivity index is 2.55. The first-order chi connectivity index (χ1) is 9.80. The molecular formula is C16H14F3NO. The molecule has 0 fully saturated rings. The van der Waals surface area contributed by atoms with Gasteiger partial charge in [-0.25, -0.2) is 0 Å². The van der Waals surface area contributed by atoms with Crippen LogP contribution in [-0.2, 0) is 11.0 Å². The number of nitrogens with two attached hydrogens (primary N) is 1.